The Morgan fingerprint density at radius 2 is 1.94 bits per heavy atom. The fraction of sp³-hybridized carbons (Fsp3) is 0.400. The minimum Gasteiger partial charge on any atom is -0.493 e. The molecular formula is C25H29FN4O5. The molecule has 9 nitrogen and oxygen atoms in total. The third kappa shape index (κ3) is 5.89. The molecule has 0 saturated carbocycles. The van der Waals surface area contributed by atoms with E-state index in [9.17, 15) is 9.18 Å². The number of benzene rings is 2. The number of carbonyl (C=O) groups is 1. The average Bonchev–Trinajstić information content (AvgIpc) is 3.37. The van der Waals surface area contributed by atoms with Crippen LogP contribution in [-0.2, 0) is 11.3 Å². The molecule has 0 aliphatic carbocycles. The minimum atomic E-state index is -0.352. The van der Waals surface area contributed by atoms with E-state index in [0.717, 1.165) is 24.9 Å². The van der Waals surface area contributed by atoms with Crippen LogP contribution in [-0.4, -0.2) is 61.9 Å². The smallest absolute Gasteiger partial charge is 0.234 e. The second kappa shape index (κ2) is 11.2. The second-order valence-corrected chi connectivity index (χ2v) is 8.35. The summed E-state index contributed by atoms with van der Waals surface area (Å²) in [6, 6.07) is 9.72. The molecule has 0 bridgehead atoms. The van der Waals surface area contributed by atoms with Crippen LogP contribution in [0.2, 0.25) is 0 Å². The van der Waals surface area contributed by atoms with Crippen LogP contribution in [0.25, 0.3) is 11.4 Å². The zero-order chi connectivity index (χ0) is 24.8. The van der Waals surface area contributed by atoms with Gasteiger partial charge in [0.25, 0.3) is 0 Å². The molecule has 2 heterocycles. The summed E-state index contributed by atoms with van der Waals surface area (Å²) in [6.07, 6.45) is 1.79. The lowest BCUT2D eigenvalue weighted by atomic mass is 9.98. The first-order valence-corrected chi connectivity index (χ1v) is 11.4. The van der Waals surface area contributed by atoms with E-state index in [-0.39, 0.29) is 24.2 Å². The number of hydrogen-bond donors (Lipinski definition) is 1. The Kier molecular flexibility index (Phi) is 7.81. The average molecular weight is 485 g/mol. The van der Waals surface area contributed by atoms with Crippen LogP contribution in [0.4, 0.5) is 4.39 Å². The zero-order valence-electron chi connectivity index (χ0n) is 20.0. The van der Waals surface area contributed by atoms with Gasteiger partial charge in [0.15, 0.2) is 11.5 Å². The molecule has 3 aromatic rings. The molecule has 1 fully saturated rings. The standard InChI is InChI=1S/C25H29FN4O5/c1-32-20-10-16(11-21(33-2)23(20)34-3)13-27-22(31)15-30-9-5-7-18(14-30)25-28-24(29-35-25)17-6-4-8-19(26)12-17/h4,6,8,10-12,18H,5,7,9,13-15H2,1-3H3,(H,27,31). The summed E-state index contributed by atoms with van der Waals surface area (Å²) >= 11 is 0. The van der Waals surface area contributed by atoms with Crippen molar-refractivity contribution in [2.24, 2.45) is 0 Å². The van der Waals surface area contributed by atoms with Gasteiger partial charge >= 0.3 is 0 Å². The highest BCUT2D eigenvalue weighted by atomic mass is 19.1. The van der Waals surface area contributed by atoms with E-state index >= 15 is 0 Å². The lowest BCUT2D eigenvalue weighted by Gasteiger charge is -2.30. The Bertz CT molecular complexity index is 1140. The van der Waals surface area contributed by atoms with E-state index in [1.807, 2.05) is 12.1 Å². The highest BCUT2D eigenvalue weighted by molar-refractivity contribution is 5.78. The number of ether oxygens (including phenoxy) is 3. The van der Waals surface area contributed by atoms with Crippen LogP contribution in [0, 0.1) is 5.82 Å². The van der Waals surface area contributed by atoms with Crippen molar-refractivity contribution in [1.82, 2.24) is 20.4 Å². The van der Waals surface area contributed by atoms with Crippen LogP contribution >= 0.6 is 0 Å². The first-order valence-electron chi connectivity index (χ1n) is 11.4. The fourth-order valence-corrected chi connectivity index (χ4v) is 4.24. The number of nitrogens with one attached hydrogen (secondary N) is 1. The van der Waals surface area contributed by atoms with Gasteiger partial charge in [0.2, 0.25) is 23.4 Å². The number of aromatic nitrogens is 2. The maximum Gasteiger partial charge on any atom is 0.234 e. The number of methoxy groups -OCH3 is 3. The number of amides is 1. The summed E-state index contributed by atoms with van der Waals surface area (Å²) < 4.78 is 35.1. The van der Waals surface area contributed by atoms with Crippen LogP contribution in [0.15, 0.2) is 40.9 Å². The first-order chi connectivity index (χ1) is 17.0. The molecule has 1 aliphatic heterocycles. The largest absolute Gasteiger partial charge is 0.493 e. The molecule has 1 aromatic heterocycles. The van der Waals surface area contributed by atoms with Gasteiger partial charge in [-0.1, -0.05) is 17.3 Å². The van der Waals surface area contributed by atoms with Gasteiger partial charge in [-0.05, 0) is 49.2 Å². The maximum absolute atomic E-state index is 13.5. The predicted molar refractivity (Wildman–Crippen MR) is 126 cm³/mol. The lowest BCUT2D eigenvalue weighted by molar-refractivity contribution is -0.122. The van der Waals surface area contributed by atoms with Gasteiger partial charge in [-0.15, -0.1) is 0 Å². The van der Waals surface area contributed by atoms with E-state index in [2.05, 4.69) is 20.4 Å². The SMILES string of the molecule is COc1cc(CNC(=O)CN2CCCC(c3nc(-c4cccc(F)c4)no3)C2)cc(OC)c1OC. The van der Waals surface area contributed by atoms with Crippen molar-refractivity contribution < 1.29 is 27.9 Å². The highest BCUT2D eigenvalue weighted by Crippen LogP contribution is 2.38. The number of carbonyl (C=O) groups excluding carboxylic acids is 1. The number of nitrogens with zero attached hydrogens (tertiary/aromatic N) is 3. The number of piperidine rings is 1. The molecule has 4 rings (SSSR count). The lowest BCUT2D eigenvalue weighted by Crippen LogP contribution is -2.41. The van der Waals surface area contributed by atoms with Crippen molar-refractivity contribution in [3.63, 3.8) is 0 Å². The molecule has 0 spiro atoms. The molecule has 1 N–H and O–H groups in total. The fourth-order valence-electron chi connectivity index (χ4n) is 4.24. The van der Waals surface area contributed by atoms with Crippen LogP contribution in [0.1, 0.15) is 30.2 Å². The molecule has 1 saturated heterocycles. The molecule has 1 amide bonds. The van der Waals surface area contributed by atoms with Crippen molar-refractivity contribution in [3.05, 3.63) is 53.7 Å². The van der Waals surface area contributed by atoms with E-state index in [0.29, 0.717) is 47.6 Å². The van der Waals surface area contributed by atoms with Crippen molar-refractivity contribution in [1.29, 1.82) is 0 Å². The Morgan fingerprint density at radius 3 is 2.63 bits per heavy atom. The van der Waals surface area contributed by atoms with Gasteiger partial charge in [0, 0.05) is 18.7 Å². The molecule has 1 aliphatic rings. The van der Waals surface area contributed by atoms with Crippen molar-refractivity contribution >= 4 is 5.91 Å². The molecule has 2 aromatic carbocycles. The normalized spacial score (nSPS) is 16.1. The van der Waals surface area contributed by atoms with Gasteiger partial charge in [0.05, 0.1) is 33.8 Å². The molecule has 10 heteroatoms. The van der Waals surface area contributed by atoms with Crippen molar-refractivity contribution in [2.45, 2.75) is 25.3 Å². The Balaban J connectivity index is 1.34. The van der Waals surface area contributed by atoms with Gasteiger partial charge in [-0.25, -0.2) is 4.39 Å². The predicted octanol–water partition coefficient (Wildman–Crippen LogP) is 3.40. The highest BCUT2D eigenvalue weighted by Gasteiger charge is 2.27. The van der Waals surface area contributed by atoms with Gasteiger partial charge < -0.3 is 24.1 Å². The number of rotatable bonds is 9. The molecule has 186 valence electrons. The van der Waals surface area contributed by atoms with Gasteiger partial charge in [-0.2, -0.15) is 4.98 Å². The van der Waals surface area contributed by atoms with Crippen molar-refractivity contribution in [3.8, 4) is 28.6 Å². The maximum atomic E-state index is 13.5. The third-order valence-electron chi connectivity index (χ3n) is 5.96. The van der Waals surface area contributed by atoms with Gasteiger partial charge in [-0.3, -0.25) is 9.69 Å². The zero-order valence-corrected chi connectivity index (χ0v) is 20.0. The number of halogens is 1. The summed E-state index contributed by atoms with van der Waals surface area (Å²) in [7, 11) is 4.65. The van der Waals surface area contributed by atoms with E-state index in [4.69, 9.17) is 18.7 Å². The third-order valence-corrected chi connectivity index (χ3v) is 5.96. The quantitative estimate of drug-likeness (QED) is 0.494. The van der Waals surface area contributed by atoms with Crippen LogP contribution in [0.3, 0.4) is 0 Å². The van der Waals surface area contributed by atoms with E-state index in [1.165, 1.54) is 12.1 Å². The van der Waals surface area contributed by atoms with Crippen LogP contribution in [0.5, 0.6) is 17.2 Å². The summed E-state index contributed by atoms with van der Waals surface area (Å²) in [4.78, 5) is 19.2. The Morgan fingerprint density at radius 1 is 1.17 bits per heavy atom. The molecule has 35 heavy (non-hydrogen) atoms. The van der Waals surface area contributed by atoms with E-state index in [1.54, 1.807) is 33.5 Å². The Hall–Kier alpha value is -3.66. The number of hydrogen-bond acceptors (Lipinski definition) is 8. The summed E-state index contributed by atoms with van der Waals surface area (Å²) in [5.74, 6) is 2.01. The second-order valence-electron chi connectivity index (χ2n) is 8.35. The first kappa shape index (κ1) is 24.5. The molecule has 1 atom stereocenters. The van der Waals surface area contributed by atoms with Gasteiger partial charge in [0.1, 0.15) is 5.82 Å². The monoisotopic (exact) mass is 484 g/mol. The molecular weight excluding hydrogens is 455 g/mol. The molecule has 0 radical (unpaired) electrons. The summed E-state index contributed by atoms with van der Waals surface area (Å²) in [6.45, 7) is 2.01. The minimum absolute atomic E-state index is 0.0152. The van der Waals surface area contributed by atoms with Crippen molar-refractivity contribution in [2.75, 3.05) is 41.0 Å². The van der Waals surface area contributed by atoms with E-state index < -0.39 is 0 Å². The number of likely N-dealkylation sites (tertiary alicyclic amines) is 1. The molecule has 1 unspecified atom stereocenters. The summed E-state index contributed by atoms with van der Waals surface area (Å²) in [5.41, 5.74) is 1.40. The van der Waals surface area contributed by atoms with Crippen LogP contribution < -0.4 is 19.5 Å². The topological polar surface area (TPSA) is 99.0 Å². The summed E-state index contributed by atoms with van der Waals surface area (Å²) in [5, 5.41) is 6.96. The Labute approximate surface area is 203 Å².